The molecule has 0 unspecified atom stereocenters. The van der Waals surface area contributed by atoms with Crippen molar-refractivity contribution in [1.29, 1.82) is 0 Å². The number of nitrogens with one attached hydrogen (secondary N) is 1. The van der Waals surface area contributed by atoms with Gasteiger partial charge in [-0.3, -0.25) is 0 Å². The second-order valence-electron chi connectivity index (χ2n) is 10.0. The number of fused-ring (bicyclic) bond motifs is 1. The zero-order valence-corrected chi connectivity index (χ0v) is 21.4. The predicted octanol–water partition coefficient (Wildman–Crippen LogP) is 5.65. The fourth-order valence-corrected chi connectivity index (χ4v) is 5.27. The minimum atomic E-state index is -4.27. The van der Waals surface area contributed by atoms with E-state index in [0.29, 0.717) is 18.8 Å². The van der Waals surface area contributed by atoms with Gasteiger partial charge in [-0.2, -0.15) is 13.2 Å². The van der Waals surface area contributed by atoms with Gasteiger partial charge in [0.1, 0.15) is 5.82 Å². The Morgan fingerprint density at radius 1 is 1.16 bits per heavy atom. The molecule has 0 bridgehead atoms. The molecular formula is C27H31F4N5O2. The molecule has 0 spiro atoms. The molecule has 204 valence electrons. The predicted molar refractivity (Wildman–Crippen MR) is 137 cm³/mol. The van der Waals surface area contributed by atoms with E-state index in [-0.39, 0.29) is 25.2 Å². The van der Waals surface area contributed by atoms with Crippen LogP contribution in [0.4, 0.5) is 33.7 Å². The zero-order valence-electron chi connectivity index (χ0n) is 21.4. The molecule has 0 radical (unpaired) electrons. The fraction of sp³-hybridized carbons (Fsp3) is 0.481. The van der Waals surface area contributed by atoms with Crippen molar-refractivity contribution in [3.8, 4) is 11.1 Å². The van der Waals surface area contributed by atoms with E-state index in [0.717, 1.165) is 47.7 Å². The molecule has 4 heterocycles. The van der Waals surface area contributed by atoms with E-state index in [4.69, 9.17) is 9.72 Å². The maximum absolute atomic E-state index is 14.9. The summed E-state index contributed by atoms with van der Waals surface area (Å²) < 4.78 is 60.7. The highest BCUT2D eigenvalue weighted by Crippen LogP contribution is 2.35. The number of pyridine rings is 1. The summed E-state index contributed by atoms with van der Waals surface area (Å²) in [6, 6.07) is 4.38. The summed E-state index contributed by atoms with van der Waals surface area (Å²) in [6.45, 7) is 6.72. The molecule has 5 rings (SSSR count). The number of carbonyl (C=O) groups excluding carboxylic acids is 1. The van der Waals surface area contributed by atoms with Crippen LogP contribution in [0.2, 0.25) is 0 Å². The number of aromatic nitrogens is 2. The molecule has 3 aromatic rings. The van der Waals surface area contributed by atoms with E-state index in [9.17, 15) is 22.4 Å². The first-order valence-corrected chi connectivity index (χ1v) is 12.9. The maximum Gasteiger partial charge on any atom is 0.389 e. The second kappa shape index (κ2) is 10.4. The number of alkyl halides is 3. The SMILES string of the molecule is CCc1cn2cc(-c3cc(NC(=O)N4CC[C@@H](CC(F)(F)F)C4)c(F)cc3C)cc(N3CCOCC3)c2n1. The Hall–Kier alpha value is -3.34. The minimum Gasteiger partial charge on any atom is -0.378 e. The van der Waals surface area contributed by atoms with Crippen LogP contribution < -0.4 is 10.2 Å². The molecule has 1 atom stereocenters. The number of ether oxygens (including phenoxy) is 1. The number of rotatable bonds is 5. The molecule has 2 aliphatic rings. The number of hydrogen-bond donors (Lipinski definition) is 1. The van der Waals surface area contributed by atoms with Crippen molar-refractivity contribution in [2.45, 2.75) is 39.3 Å². The highest BCUT2D eigenvalue weighted by molar-refractivity contribution is 5.91. The number of anilines is 2. The summed E-state index contributed by atoms with van der Waals surface area (Å²) in [5.41, 5.74) is 4.99. The van der Waals surface area contributed by atoms with Crippen LogP contribution in [-0.4, -0.2) is 65.9 Å². The lowest BCUT2D eigenvalue weighted by Crippen LogP contribution is -2.36. The topological polar surface area (TPSA) is 62.1 Å². The first-order chi connectivity index (χ1) is 18.1. The molecular weight excluding hydrogens is 502 g/mol. The van der Waals surface area contributed by atoms with Gasteiger partial charge < -0.3 is 24.3 Å². The van der Waals surface area contributed by atoms with Crippen molar-refractivity contribution in [2.75, 3.05) is 49.6 Å². The van der Waals surface area contributed by atoms with Gasteiger partial charge in [0.15, 0.2) is 5.65 Å². The lowest BCUT2D eigenvalue weighted by molar-refractivity contribution is -0.143. The van der Waals surface area contributed by atoms with Crippen LogP contribution in [0.1, 0.15) is 31.0 Å². The van der Waals surface area contributed by atoms with Crippen LogP contribution in [-0.2, 0) is 11.2 Å². The molecule has 1 N–H and O–H groups in total. The second-order valence-corrected chi connectivity index (χ2v) is 10.0. The number of morpholine rings is 1. The number of amides is 2. The Kier molecular flexibility index (Phi) is 7.21. The van der Waals surface area contributed by atoms with E-state index in [1.807, 2.05) is 29.8 Å². The van der Waals surface area contributed by atoms with E-state index in [2.05, 4.69) is 10.2 Å². The fourth-order valence-electron chi connectivity index (χ4n) is 5.27. The van der Waals surface area contributed by atoms with E-state index in [1.54, 1.807) is 13.0 Å². The first kappa shape index (κ1) is 26.3. The molecule has 2 saturated heterocycles. The molecule has 2 aromatic heterocycles. The molecule has 7 nitrogen and oxygen atoms in total. The van der Waals surface area contributed by atoms with Gasteiger partial charge in [0.05, 0.1) is 30.3 Å². The highest BCUT2D eigenvalue weighted by atomic mass is 19.4. The van der Waals surface area contributed by atoms with Crippen molar-refractivity contribution in [1.82, 2.24) is 14.3 Å². The van der Waals surface area contributed by atoms with E-state index in [1.165, 1.54) is 11.0 Å². The van der Waals surface area contributed by atoms with Gasteiger partial charge in [-0.1, -0.05) is 6.92 Å². The molecule has 1 aromatic carbocycles. The van der Waals surface area contributed by atoms with Gasteiger partial charge in [0.25, 0.3) is 0 Å². The Bertz CT molecular complexity index is 1330. The number of hydrogen-bond acceptors (Lipinski definition) is 4. The Labute approximate surface area is 218 Å². The molecule has 0 aliphatic carbocycles. The maximum atomic E-state index is 14.9. The average Bonchev–Trinajstić information content (AvgIpc) is 3.51. The highest BCUT2D eigenvalue weighted by Gasteiger charge is 2.36. The third-order valence-electron chi connectivity index (χ3n) is 7.26. The number of aryl methyl sites for hydroxylation is 2. The molecule has 2 fully saturated rings. The van der Waals surface area contributed by atoms with Crippen molar-refractivity contribution in [2.24, 2.45) is 5.92 Å². The van der Waals surface area contributed by atoms with Gasteiger partial charge >= 0.3 is 12.2 Å². The quantitative estimate of drug-likeness (QED) is 0.431. The van der Waals surface area contributed by atoms with Gasteiger partial charge in [0, 0.05) is 50.6 Å². The summed E-state index contributed by atoms with van der Waals surface area (Å²) >= 11 is 0. The molecule has 0 saturated carbocycles. The Morgan fingerprint density at radius 2 is 1.92 bits per heavy atom. The molecule has 38 heavy (non-hydrogen) atoms. The van der Waals surface area contributed by atoms with Gasteiger partial charge in [-0.05, 0) is 55.0 Å². The number of carbonyl (C=O) groups is 1. The monoisotopic (exact) mass is 533 g/mol. The smallest absolute Gasteiger partial charge is 0.378 e. The Balaban J connectivity index is 1.45. The van der Waals surface area contributed by atoms with Gasteiger partial charge in [-0.25, -0.2) is 14.2 Å². The number of imidazole rings is 1. The normalized spacial score (nSPS) is 18.4. The summed E-state index contributed by atoms with van der Waals surface area (Å²) in [5, 5.41) is 2.59. The van der Waals surface area contributed by atoms with Crippen molar-refractivity contribution in [3.63, 3.8) is 0 Å². The molecule has 11 heteroatoms. The van der Waals surface area contributed by atoms with E-state index < -0.39 is 30.4 Å². The average molecular weight is 534 g/mol. The van der Waals surface area contributed by atoms with Crippen LogP contribution in [0, 0.1) is 18.7 Å². The largest absolute Gasteiger partial charge is 0.389 e. The summed E-state index contributed by atoms with van der Waals surface area (Å²) in [6.07, 6.45) is -0.227. The third-order valence-corrected chi connectivity index (χ3v) is 7.26. The first-order valence-electron chi connectivity index (χ1n) is 12.9. The third kappa shape index (κ3) is 5.57. The van der Waals surface area contributed by atoms with Crippen molar-refractivity contribution < 1.29 is 27.1 Å². The lowest BCUT2D eigenvalue weighted by Gasteiger charge is -2.29. The number of urea groups is 1. The number of likely N-dealkylation sites (tertiary alicyclic amines) is 1. The summed E-state index contributed by atoms with van der Waals surface area (Å²) in [4.78, 5) is 21.2. The number of nitrogens with zero attached hydrogens (tertiary/aromatic N) is 4. The minimum absolute atomic E-state index is 0.00829. The number of halogens is 4. The standard InChI is InChI=1S/C27H31F4N5O2/c1-3-20-16-36-15-19(11-24(25(36)32-20)34-6-8-38-9-7-34)21-12-23(22(28)10-17(21)2)33-26(37)35-5-4-18(14-35)13-27(29,30)31/h10-12,15-16,18H,3-9,13-14H2,1-2H3,(H,33,37)/t18-/m0/s1. The van der Waals surface area contributed by atoms with Crippen LogP contribution in [0.25, 0.3) is 16.8 Å². The van der Waals surface area contributed by atoms with Crippen molar-refractivity contribution in [3.05, 3.63) is 47.7 Å². The lowest BCUT2D eigenvalue weighted by atomic mass is 10.00. The summed E-state index contributed by atoms with van der Waals surface area (Å²) in [7, 11) is 0. The van der Waals surface area contributed by atoms with Crippen LogP contribution >= 0.6 is 0 Å². The molecule has 2 aliphatic heterocycles. The summed E-state index contributed by atoms with van der Waals surface area (Å²) in [5.74, 6) is -1.25. The molecule has 2 amide bonds. The van der Waals surface area contributed by atoms with Crippen LogP contribution in [0.3, 0.4) is 0 Å². The van der Waals surface area contributed by atoms with Crippen LogP contribution in [0.5, 0.6) is 0 Å². The van der Waals surface area contributed by atoms with Gasteiger partial charge in [-0.15, -0.1) is 0 Å². The number of benzene rings is 1. The Morgan fingerprint density at radius 3 is 2.63 bits per heavy atom. The van der Waals surface area contributed by atoms with Gasteiger partial charge in [0.2, 0.25) is 0 Å². The van der Waals surface area contributed by atoms with E-state index >= 15 is 0 Å². The van der Waals surface area contributed by atoms with Crippen LogP contribution in [0.15, 0.2) is 30.6 Å². The zero-order chi connectivity index (χ0) is 27.0. The van der Waals surface area contributed by atoms with Crippen molar-refractivity contribution >= 4 is 23.1 Å².